The highest BCUT2D eigenvalue weighted by Crippen LogP contribution is 2.41. The van der Waals surface area contributed by atoms with Crippen molar-refractivity contribution in [3.05, 3.63) is 72.0 Å². The van der Waals surface area contributed by atoms with Gasteiger partial charge in [0.2, 0.25) is 5.91 Å². The number of carbonyl (C=O) groups excluding carboxylic acids is 1. The Morgan fingerprint density at radius 3 is 2.60 bits per heavy atom. The number of H-pyrrole nitrogens is 1. The van der Waals surface area contributed by atoms with E-state index in [4.69, 9.17) is 16.6 Å². The Hall–Kier alpha value is -3.68. The van der Waals surface area contributed by atoms with E-state index in [1.807, 2.05) is 31.3 Å². The second-order valence-electron chi connectivity index (χ2n) is 8.81. The summed E-state index contributed by atoms with van der Waals surface area (Å²) in [5.41, 5.74) is 6.01. The number of fused-ring (bicyclic) bond motifs is 1. The predicted octanol–water partition coefficient (Wildman–Crippen LogP) is 5.13. The predicted molar refractivity (Wildman–Crippen MR) is 143 cm³/mol. The summed E-state index contributed by atoms with van der Waals surface area (Å²) in [4.78, 5) is 29.4. The molecule has 0 spiro atoms. The SMILES string of the molecule is C=CC(=O)Nc1cc(-c2c(-c3ccc(N4CCN(C)CC4)nc3)[nH]c3nccc(Cl)c23)ccc1C. The van der Waals surface area contributed by atoms with E-state index < -0.39 is 0 Å². The van der Waals surface area contributed by atoms with Crippen LogP contribution in [0.15, 0.2) is 61.4 Å². The van der Waals surface area contributed by atoms with Crippen LogP contribution < -0.4 is 10.2 Å². The maximum absolute atomic E-state index is 12.0. The summed E-state index contributed by atoms with van der Waals surface area (Å²) in [6.07, 6.45) is 4.84. The Morgan fingerprint density at radius 1 is 1.11 bits per heavy atom. The second kappa shape index (κ2) is 9.52. The van der Waals surface area contributed by atoms with E-state index >= 15 is 0 Å². The van der Waals surface area contributed by atoms with Gasteiger partial charge in [0.25, 0.3) is 0 Å². The standard InChI is InChI=1S/C27H27ClN6O/c1-4-23(35)31-21-15-18(6-5-17(21)2)24-25-20(28)9-10-29-27(25)32-26(24)19-7-8-22(30-16-19)34-13-11-33(3)12-14-34/h4-10,15-16H,1,11-14H2,2-3H3,(H,29,32)(H,31,35). The average Bonchev–Trinajstić information content (AvgIpc) is 3.27. The van der Waals surface area contributed by atoms with Crippen molar-refractivity contribution in [2.45, 2.75) is 6.92 Å². The van der Waals surface area contributed by atoms with Crippen molar-refractivity contribution in [1.29, 1.82) is 0 Å². The fourth-order valence-corrected chi connectivity index (χ4v) is 4.67. The number of aryl methyl sites for hydroxylation is 1. The summed E-state index contributed by atoms with van der Waals surface area (Å²) >= 11 is 6.66. The van der Waals surface area contributed by atoms with Gasteiger partial charge in [-0.25, -0.2) is 9.97 Å². The fourth-order valence-electron chi connectivity index (χ4n) is 4.43. The molecule has 1 saturated heterocycles. The molecule has 7 nitrogen and oxygen atoms in total. The Kier molecular flexibility index (Phi) is 6.28. The van der Waals surface area contributed by atoms with Gasteiger partial charge in [-0.3, -0.25) is 4.79 Å². The molecule has 35 heavy (non-hydrogen) atoms. The topological polar surface area (TPSA) is 77.2 Å². The van der Waals surface area contributed by atoms with Crippen molar-refractivity contribution >= 4 is 40.0 Å². The van der Waals surface area contributed by atoms with Crippen LogP contribution in [0.5, 0.6) is 0 Å². The lowest BCUT2D eigenvalue weighted by molar-refractivity contribution is -0.111. The van der Waals surface area contributed by atoms with Crippen LogP contribution in [0.2, 0.25) is 5.02 Å². The minimum atomic E-state index is -0.257. The molecular weight excluding hydrogens is 460 g/mol. The van der Waals surface area contributed by atoms with Crippen LogP contribution in [0.4, 0.5) is 11.5 Å². The van der Waals surface area contributed by atoms with Crippen molar-refractivity contribution in [2.24, 2.45) is 0 Å². The van der Waals surface area contributed by atoms with Crippen molar-refractivity contribution in [3.63, 3.8) is 0 Å². The molecule has 4 heterocycles. The quantitative estimate of drug-likeness (QED) is 0.382. The number of aromatic amines is 1. The van der Waals surface area contributed by atoms with Gasteiger partial charge in [0.15, 0.2) is 0 Å². The first kappa shape index (κ1) is 23.1. The number of hydrogen-bond acceptors (Lipinski definition) is 5. The van der Waals surface area contributed by atoms with E-state index in [0.29, 0.717) is 10.7 Å². The van der Waals surface area contributed by atoms with Gasteiger partial charge in [0.05, 0.1) is 10.7 Å². The van der Waals surface area contributed by atoms with Crippen LogP contribution in [0.25, 0.3) is 33.4 Å². The molecule has 0 radical (unpaired) electrons. The van der Waals surface area contributed by atoms with Crippen LogP contribution in [0.1, 0.15) is 5.56 Å². The molecule has 1 amide bonds. The maximum atomic E-state index is 12.0. The monoisotopic (exact) mass is 486 g/mol. The number of nitrogens with zero attached hydrogens (tertiary/aromatic N) is 4. The molecule has 0 saturated carbocycles. The van der Waals surface area contributed by atoms with Gasteiger partial charge in [-0.2, -0.15) is 0 Å². The maximum Gasteiger partial charge on any atom is 0.247 e. The first-order valence-electron chi connectivity index (χ1n) is 11.5. The van der Waals surface area contributed by atoms with E-state index in [1.54, 1.807) is 12.3 Å². The first-order chi connectivity index (χ1) is 16.9. The van der Waals surface area contributed by atoms with Crippen molar-refractivity contribution in [2.75, 3.05) is 43.4 Å². The number of benzene rings is 1. The summed E-state index contributed by atoms with van der Waals surface area (Å²) in [7, 11) is 2.14. The smallest absolute Gasteiger partial charge is 0.247 e. The van der Waals surface area contributed by atoms with Crippen molar-refractivity contribution < 1.29 is 4.79 Å². The molecule has 5 rings (SSSR count). The van der Waals surface area contributed by atoms with Gasteiger partial charge in [0.1, 0.15) is 11.5 Å². The number of aromatic nitrogens is 3. The molecule has 1 aliphatic rings. The molecule has 1 aliphatic heterocycles. The molecule has 178 valence electrons. The normalized spacial score (nSPS) is 14.3. The zero-order valence-electron chi connectivity index (χ0n) is 19.8. The van der Waals surface area contributed by atoms with Crippen LogP contribution in [0, 0.1) is 6.92 Å². The number of likely N-dealkylation sites (N-methyl/N-ethyl adjacent to an activating group) is 1. The third-order valence-corrected chi connectivity index (χ3v) is 6.79. The molecule has 2 N–H and O–H groups in total. The molecule has 4 aromatic rings. The van der Waals surface area contributed by atoms with E-state index in [9.17, 15) is 4.79 Å². The van der Waals surface area contributed by atoms with Gasteiger partial charge in [0, 0.05) is 60.8 Å². The Balaban J connectivity index is 1.60. The van der Waals surface area contributed by atoms with Crippen LogP contribution >= 0.6 is 11.6 Å². The molecule has 1 aromatic carbocycles. The number of piperazine rings is 1. The average molecular weight is 487 g/mol. The number of amides is 1. The Morgan fingerprint density at radius 2 is 1.89 bits per heavy atom. The van der Waals surface area contributed by atoms with Gasteiger partial charge >= 0.3 is 0 Å². The first-order valence-corrected chi connectivity index (χ1v) is 11.9. The molecule has 8 heteroatoms. The largest absolute Gasteiger partial charge is 0.354 e. The number of anilines is 2. The van der Waals surface area contributed by atoms with Crippen LogP contribution in [-0.2, 0) is 4.79 Å². The summed E-state index contributed by atoms with van der Waals surface area (Å²) in [5, 5.41) is 4.33. The molecule has 0 atom stereocenters. The minimum Gasteiger partial charge on any atom is -0.354 e. The zero-order valence-corrected chi connectivity index (χ0v) is 20.6. The lowest BCUT2D eigenvalue weighted by atomic mass is 9.97. The van der Waals surface area contributed by atoms with Crippen molar-refractivity contribution in [3.8, 4) is 22.4 Å². The molecule has 0 bridgehead atoms. The van der Waals surface area contributed by atoms with E-state index in [-0.39, 0.29) is 5.91 Å². The van der Waals surface area contributed by atoms with Gasteiger partial charge in [-0.05, 0) is 55.4 Å². The molecule has 3 aromatic heterocycles. The summed E-state index contributed by atoms with van der Waals surface area (Å²) in [6, 6.07) is 11.9. The van der Waals surface area contributed by atoms with Gasteiger partial charge in [-0.15, -0.1) is 0 Å². The third-order valence-electron chi connectivity index (χ3n) is 6.48. The molecule has 0 aliphatic carbocycles. The minimum absolute atomic E-state index is 0.257. The third kappa shape index (κ3) is 4.52. The van der Waals surface area contributed by atoms with Gasteiger partial charge < -0.3 is 20.1 Å². The fraction of sp³-hybridized carbons (Fsp3) is 0.222. The lowest BCUT2D eigenvalue weighted by Gasteiger charge is -2.33. The Bertz CT molecular complexity index is 1400. The number of rotatable bonds is 5. The number of nitrogens with one attached hydrogen (secondary N) is 2. The van der Waals surface area contributed by atoms with Gasteiger partial charge in [-0.1, -0.05) is 30.3 Å². The number of halogens is 1. The molecular formula is C27H27ClN6O. The second-order valence-corrected chi connectivity index (χ2v) is 9.22. The zero-order chi connectivity index (χ0) is 24.5. The van der Waals surface area contributed by atoms with Crippen molar-refractivity contribution in [1.82, 2.24) is 19.9 Å². The summed E-state index contributed by atoms with van der Waals surface area (Å²) in [5.74, 6) is 0.716. The number of hydrogen-bond donors (Lipinski definition) is 2. The highest BCUT2D eigenvalue weighted by atomic mass is 35.5. The number of carbonyl (C=O) groups is 1. The highest BCUT2D eigenvalue weighted by Gasteiger charge is 2.20. The van der Waals surface area contributed by atoms with E-state index in [1.165, 1.54) is 6.08 Å². The lowest BCUT2D eigenvalue weighted by Crippen LogP contribution is -2.44. The highest BCUT2D eigenvalue weighted by molar-refractivity contribution is 6.36. The Labute approximate surface area is 209 Å². The van der Waals surface area contributed by atoms with Crippen LogP contribution in [-0.4, -0.2) is 59.0 Å². The van der Waals surface area contributed by atoms with E-state index in [2.05, 4.69) is 50.8 Å². The summed E-state index contributed by atoms with van der Waals surface area (Å²) in [6.45, 7) is 9.48. The van der Waals surface area contributed by atoms with E-state index in [0.717, 1.165) is 71.0 Å². The molecule has 1 fully saturated rings. The van der Waals surface area contributed by atoms with Crippen LogP contribution in [0.3, 0.4) is 0 Å². The molecule has 0 unspecified atom stereocenters. The number of pyridine rings is 2. The summed E-state index contributed by atoms with van der Waals surface area (Å²) < 4.78 is 0.